The van der Waals surface area contributed by atoms with E-state index >= 15 is 0 Å². The maximum atomic E-state index is 3.94. The summed E-state index contributed by atoms with van der Waals surface area (Å²) in [7, 11) is 0. The van der Waals surface area contributed by atoms with Gasteiger partial charge in [0.05, 0.1) is 6.33 Å². The summed E-state index contributed by atoms with van der Waals surface area (Å²) in [5, 5.41) is 0. The van der Waals surface area contributed by atoms with E-state index < -0.39 is 0 Å². The third-order valence-electron chi connectivity index (χ3n) is 1.19. The molecular weight excluding hydrogens is 144 g/mol. The summed E-state index contributed by atoms with van der Waals surface area (Å²) in [6, 6.07) is 0. The van der Waals surface area contributed by atoms with E-state index in [-0.39, 0.29) is 0 Å². The van der Waals surface area contributed by atoms with Gasteiger partial charge < -0.3 is 4.57 Å². The average molecular weight is 155 g/mol. The van der Waals surface area contributed by atoms with E-state index in [1.165, 1.54) is 0 Å². The SMILES string of the molecule is C[CH]SCCn1ccnc1. The fourth-order valence-electron chi connectivity index (χ4n) is 0.695. The highest BCUT2D eigenvalue weighted by Crippen LogP contribution is 2.03. The first-order chi connectivity index (χ1) is 4.93. The lowest BCUT2D eigenvalue weighted by molar-refractivity contribution is 0.771. The first-order valence-electron chi connectivity index (χ1n) is 3.28. The van der Waals surface area contributed by atoms with E-state index in [1.54, 1.807) is 6.20 Å². The van der Waals surface area contributed by atoms with Crippen LogP contribution in [-0.2, 0) is 6.54 Å². The lowest BCUT2D eigenvalue weighted by Crippen LogP contribution is -1.95. The molecule has 3 heteroatoms. The molecule has 0 unspecified atom stereocenters. The molecule has 0 aromatic carbocycles. The minimum Gasteiger partial charge on any atom is -0.337 e. The van der Waals surface area contributed by atoms with Crippen LogP contribution in [0, 0.1) is 5.75 Å². The minimum atomic E-state index is 1.05. The Labute approximate surface area is 65.7 Å². The molecule has 1 heterocycles. The van der Waals surface area contributed by atoms with Crippen molar-refractivity contribution in [2.45, 2.75) is 13.5 Å². The van der Waals surface area contributed by atoms with Crippen molar-refractivity contribution >= 4 is 11.8 Å². The molecule has 0 aliphatic heterocycles. The summed E-state index contributed by atoms with van der Waals surface area (Å²) in [6.07, 6.45) is 5.63. The smallest absolute Gasteiger partial charge is 0.0946 e. The molecule has 0 N–H and O–H groups in total. The molecule has 1 radical (unpaired) electrons. The Hall–Kier alpha value is -0.440. The number of imidazole rings is 1. The van der Waals surface area contributed by atoms with Crippen molar-refractivity contribution in [3.8, 4) is 0 Å². The highest BCUT2D eigenvalue weighted by molar-refractivity contribution is 8.01. The summed E-state index contributed by atoms with van der Waals surface area (Å²) in [5.41, 5.74) is 0. The Morgan fingerprint density at radius 1 is 1.70 bits per heavy atom. The molecule has 0 spiro atoms. The van der Waals surface area contributed by atoms with Gasteiger partial charge >= 0.3 is 0 Å². The van der Waals surface area contributed by atoms with E-state index in [9.17, 15) is 0 Å². The molecule has 0 aliphatic carbocycles. The van der Waals surface area contributed by atoms with Crippen molar-refractivity contribution in [2.75, 3.05) is 5.75 Å². The van der Waals surface area contributed by atoms with Crippen LogP contribution in [0.4, 0.5) is 0 Å². The van der Waals surface area contributed by atoms with Crippen molar-refractivity contribution < 1.29 is 0 Å². The molecule has 0 aliphatic rings. The maximum Gasteiger partial charge on any atom is 0.0946 e. The first kappa shape index (κ1) is 7.66. The van der Waals surface area contributed by atoms with Crippen molar-refractivity contribution in [1.82, 2.24) is 9.55 Å². The lowest BCUT2D eigenvalue weighted by Gasteiger charge is -1.98. The number of hydrogen-bond donors (Lipinski definition) is 0. The van der Waals surface area contributed by atoms with Crippen molar-refractivity contribution in [2.24, 2.45) is 0 Å². The van der Waals surface area contributed by atoms with Gasteiger partial charge in [-0.3, -0.25) is 0 Å². The molecule has 0 bridgehead atoms. The van der Waals surface area contributed by atoms with Crippen molar-refractivity contribution in [3.05, 3.63) is 24.5 Å². The first-order valence-corrected chi connectivity index (χ1v) is 4.33. The number of hydrogen-bond acceptors (Lipinski definition) is 2. The summed E-state index contributed by atoms with van der Waals surface area (Å²) >= 11 is 1.83. The second-order valence-corrected chi connectivity index (χ2v) is 3.12. The Kier molecular flexibility index (Phi) is 3.36. The summed E-state index contributed by atoms with van der Waals surface area (Å²) in [4.78, 5) is 3.94. The van der Waals surface area contributed by atoms with Gasteiger partial charge in [0.25, 0.3) is 0 Å². The van der Waals surface area contributed by atoms with E-state index in [0.29, 0.717) is 0 Å². The summed E-state index contributed by atoms with van der Waals surface area (Å²) in [5.74, 6) is 3.24. The van der Waals surface area contributed by atoms with Gasteiger partial charge in [0, 0.05) is 30.4 Å². The van der Waals surface area contributed by atoms with Crippen molar-refractivity contribution in [3.63, 3.8) is 0 Å². The highest BCUT2D eigenvalue weighted by Gasteiger charge is 1.87. The van der Waals surface area contributed by atoms with Crippen LogP contribution >= 0.6 is 11.8 Å². The van der Waals surface area contributed by atoms with Crippen LogP contribution < -0.4 is 0 Å². The molecule has 0 saturated carbocycles. The van der Waals surface area contributed by atoms with Gasteiger partial charge in [0.2, 0.25) is 0 Å². The molecule has 0 fully saturated rings. The second kappa shape index (κ2) is 4.39. The molecule has 1 aromatic heterocycles. The highest BCUT2D eigenvalue weighted by atomic mass is 32.2. The Balaban J connectivity index is 2.15. The quantitative estimate of drug-likeness (QED) is 0.617. The third kappa shape index (κ3) is 2.43. The molecule has 10 heavy (non-hydrogen) atoms. The normalized spacial score (nSPS) is 10.1. The topological polar surface area (TPSA) is 17.8 Å². The summed E-state index contributed by atoms with van der Waals surface area (Å²) in [6.45, 7) is 3.10. The van der Waals surface area contributed by atoms with Crippen LogP contribution in [0.25, 0.3) is 0 Å². The lowest BCUT2D eigenvalue weighted by atomic mass is 10.7. The van der Waals surface area contributed by atoms with Crippen LogP contribution in [0.1, 0.15) is 6.92 Å². The van der Waals surface area contributed by atoms with E-state index in [0.717, 1.165) is 12.3 Å². The second-order valence-electron chi connectivity index (χ2n) is 1.91. The predicted octanol–water partition coefficient (Wildman–Crippen LogP) is 1.80. The van der Waals surface area contributed by atoms with Gasteiger partial charge in [-0.25, -0.2) is 4.98 Å². The number of thioether (sulfide) groups is 1. The van der Waals surface area contributed by atoms with Crippen LogP contribution in [0.3, 0.4) is 0 Å². The zero-order chi connectivity index (χ0) is 7.23. The zero-order valence-corrected chi connectivity index (χ0v) is 6.84. The Morgan fingerprint density at radius 2 is 2.60 bits per heavy atom. The number of rotatable bonds is 4. The predicted molar refractivity (Wildman–Crippen MR) is 44.7 cm³/mol. The van der Waals surface area contributed by atoms with E-state index in [4.69, 9.17) is 0 Å². The van der Waals surface area contributed by atoms with Gasteiger partial charge in [-0.15, -0.1) is 0 Å². The summed E-state index contributed by atoms with van der Waals surface area (Å²) < 4.78 is 2.08. The van der Waals surface area contributed by atoms with Crippen LogP contribution in [0.2, 0.25) is 0 Å². The Morgan fingerprint density at radius 3 is 3.20 bits per heavy atom. The van der Waals surface area contributed by atoms with Gasteiger partial charge in [-0.05, 0) is 0 Å². The standard InChI is InChI=1S/C7H11N2S/c1-2-10-6-5-9-4-3-8-7-9/h2-4,7H,5-6H2,1H3. The molecule has 0 saturated heterocycles. The number of nitrogens with zero attached hydrogens (tertiary/aromatic N) is 2. The van der Waals surface area contributed by atoms with E-state index in [1.807, 2.05) is 24.3 Å². The molecular formula is C7H11N2S. The Bertz CT molecular complexity index is 160. The molecule has 2 nitrogen and oxygen atoms in total. The van der Waals surface area contributed by atoms with Gasteiger partial charge in [-0.2, -0.15) is 11.8 Å². The van der Waals surface area contributed by atoms with Crippen LogP contribution in [0.15, 0.2) is 18.7 Å². The molecule has 0 atom stereocenters. The average Bonchev–Trinajstić information content (AvgIpc) is 2.41. The fourth-order valence-corrected chi connectivity index (χ4v) is 1.25. The maximum absolute atomic E-state index is 3.94. The van der Waals surface area contributed by atoms with Crippen LogP contribution in [0.5, 0.6) is 0 Å². The van der Waals surface area contributed by atoms with Gasteiger partial charge in [-0.1, -0.05) is 6.92 Å². The largest absolute Gasteiger partial charge is 0.337 e. The monoisotopic (exact) mass is 155 g/mol. The van der Waals surface area contributed by atoms with Gasteiger partial charge in [0.15, 0.2) is 0 Å². The molecule has 1 aromatic rings. The fraction of sp³-hybridized carbons (Fsp3) is 0.429. The molecule has 1 rings (SSSR count). The third-order valence-corrected chi connectivity index (χ3v) is 1.94. The molecule has 55 valence electrons. The van der Waals surface area contributed by atoms with E-state index in [2.05, 4.69) is 22.2 Å². The minimum absolute atomic E-state index is 1.05. The number of aromatic nitrogens is 2. The van der Waals surface area contributed by atoms with Gasteiger partial charge in [0.1, 0.15) is 0 Å². The van der Waals surface area contributed by atoms with Crippen molar-refractivity contribution in [1.29, 1.82) is 0 Å². The zero-order valence-electron chi connectivity index (χ0n) is 6.03. The number of aryl methyl sites for hydroxylation is 1. The molecule has 0 amide bonds. The van der Waals surface area contributed by atoms with Crippen LogP contribution in [-0.4, -0.2) is 15.3 Å².